The Balaban J connectivity index is 2.98. The van der Waals surface area contributed by atoms with Crippen molar-refractivity contribution in [1.29, 1.82) is 0 Å². The number of hydrogen-bond donors (Lipinski definition) is 3. The van der Waals surface area contributed by atoms with Gasteiger partial charge in [0, 0.05) is 5.69 Å². The number of hydrazine groups is 1. The van der Waals surface area contributed by atoms with E-state index in [1.165, 1.54) is 6.07 Å². The lowest BCUT2D eigenvalue weighted by Crippen LogP contribution is -2.34. The number of anilines is 1. The first-order valence-electron chi connectivity index (χ1n) is 3.78. The number of aryl methyl sites for hydroxylation is 1. The molecule has 0 aromatic heterocycles. The van der Waals surface area contributed by atoms with E-state index in [9.17, 15) is 9.18 Å². The first-order chi connectivity index (χ1) is 6.54. The molecule has 0 fully saturated rings. The molecule has 0 aliphatic carbocycles. The molecule has 0 unspecified atom stereocenters. The van der Waals surface area contributed by atoms with E-state index >= 15 is 0 Å². The van der Waals surface area contributed by atoms with Crippen LogP contribution in [0, 0.1) is 12.7 Å². The molecule has 1 aromatic rings. The number of urea groups is 1. The molecule has 4 nitrogen and oxygen atoms in total. The van der Waals surface area contributed by atoms with Gasteiger partial charge in [-0.3, -0.25) is 5.43 Å². The van der Waals surface area contributed by atoms with Crippen LogP contribution in [0.4, 0.5) is 14.9 Å². The van der Waals surface area contributed by atoms with Gasteiger partial charge in [0.2, 0.25) is 0 Å². The second-order valence-electron chi connectivity index (χ2n) is 2.68. The fraction of sp³-hybridized carbons (Fsp3) is 0.125. The van der Waals surface area contributed by atoms with Gasteiger partial charge in [-0.15, -0.1) is 0 Å². The minimum Gasteiger partial charge on any atom is -0.307 e. The fourth-order valence-electron chi connectivity index (χ4n) is 0.939. The number of benzene rings is 1. The van der Waals surface area contributed by atoms with Crippen molar-refractivity contribution in [3.63, 3.8) is 0 Å². The summed E-state index contributed by atoms with van der Waals surface area (Å²) < 4.78 is 13.4. The normalized spacial score (nSPS) is 9.71. The van der Waals surface area contributed by atoms with Crippen molar-refractivity contribution >= 4 is 27.6 Å². The highest BCUT2D eigenvalue weighted by Gasteiger charge is 2.07. The standard InChI is InChI=1S/C8H9BrFN3O/c1-4-2-5(9)6(10)3-7(4)12-8(14)13-11/h2-3H,11H2,1H3,(H2,12,13,14). The molecule has 0 aliphatic rings. The van der Waals surface area contributed by atoms with Gasteiger partial charge in [0.1, 0.15) is 5.82 Å². The molecule has 76 valence electrons. The van der Waals surface area contributed by atoms with Gasteiger partial charge in [-0.05, 0) is 40.5 Å². The van der Waals surface area contributed by atoms with Crippen LogP contribution in [-0.4, -0.2) is 6.03 Å². The zero-order valence-electron chi connectivity index (χ0n) is 7.40. The topological polar surface area (TPSA) is 67.2 Å². The van der Waals surface area contributed by atoms with Crippen molar-refractivity contribution in [3.05, 3.63) is 28.0 Å². The maximum absolute atomic E-state index is 13.1. The third-order valence-corrected chi connectivity index (χ3v) is 2.25. The molecule has 14 heavy (non-hydrogen) atoms. The summed E-state index contributed by atoms with van der Waals surface area (Å²) in [6.45, 7) is 1.75. The monoisotopic (exact) mass is 261 g/mol. The van der Waals surface area contributed by atoms with Gasteiger partial charge in [-0.2, -0.15) is 0 Å². The zero-order valence-corrected chi connectivity index (χ0v) is 8.98. The molecule has 0 saturated carbocycles. The molecule has 0 saturated heterocycles. The van der Waals surface area contributed by atoms with E-state index in [2.05, 4.69) is 21.2 Å². The van der Waals surface area contributed by atoms with E-state index in [-0.39, 0.29) is 0 Å². The van der Waals surface area contributed by atoms with Crippen LogP contribution in [0.5, 0.6) is 0 Å². The van der Waals surface area contributed by atoms with Gasteiger partial charge in [0.05, 0.1) is 4.47 Å². The van der Waals surface area contributed by atoms with Gasteiger partial charge in [-0.1, -0.05) is 0 Å². The van der Waals surface area contributed by atoms with Gasteiger partial charge in [0.15, 0.2) is 0 Å². The predicted octanol–water partition coefficient (Wildman–Crippen LogP) is 1.89. The van der Waals surface area contributed by atoms with Gasteiger partial charge in [-0.25, -0.2) is 15.0 Å². The van der Waals surface area contributed by atoms with Crippen LogP contribution in [0.1, 0.15) is 5.56 Å². The molecule has 0 atom stereocenters. The average molecular weight is 262 g/mol. The first kappa shape index (κ1) is 10.9. The highest BCUT2D eigenvalue weighted by molar-refractivity contribution is 9.10. The number of rotatable bonds is 1. The van der Waals surface area contributed by atoms with Gasteiger partial charge < -0.3 is 5.32 Å². The second-order valence-corrected chi connectivity index (χ2v) is 3.53. The first-order valence-corrected chi connectivity index (χ1v) is 4.57. The molecule has 0 heterocycles. The van der Waals surface area contributed by atoms with E-state index in [1.54, 1.807) is 13.0 Å². The molecule has 4 N–H and O–H groups in total. The molecule has 0 bridgehead atoms. The molecule has 0 radical (unpaired) electrons. The third-order valence-electron chi connectivity index (χ3n) is 1.65. The number of hydrogen-bond acceptors (Lipinski definition) is 2. The number of halogens is 2. The van der Waals surface area contributed by atoms with Crippen LogP contribution >= 0.6 is 15.9 Å². The van der Waals surface area contributed by atoms with Crippen molar-refractivity contribution in [2.75, 3.05) is 5.32 Å². The molecule has 0 aliphatic heterocycles. The quantitative estimate of drug-likeness (QED) is 0.411. The van der Waals surface area contributed by atoms with Crippen LogP contribution < -0.4 is 16.6 Å². The van der Waals surface area contributed by atoms with Crippen molar-refractivity contribution in [3.8, 4) is 0 Å². The molecule has 2 amide bonds. The summed E-state index contributed by atoms with van der Waals surface area (Å²) in [5.41, 5.74) is 3.01. The molecular formula is C8H9BrFN3O. The van der Waals surface area contributed by atoms with Gasteiger partial charge >= 0.3 is 6.03 Å². The number of carbonyl (C=O) groups excluding carboxylic acids is 1. The highest BCUT2D eigenvalue weighted by Crippen LogP contribution is 2.23. The number of nitrogens with one attached hydrogen (secondary N) is 2. The largest absolute Gasteiger partial charge is 0.333 e. The van der Waals surface area contributed by atoms with Crippen LogP contribution in [0.25, 0.3) is 0 Å². The van der Waals surface area contributed by atoms with E-state index in [1.807, 2.05) is 5.43 Å². The lowest BCUT2D eigenvalue weighted by Gasteiger charge is -2.08. The average Bonchev–Trinajstić information content (AvgIpc) is 2.14. The van der Waals surface area contributed by atoms with Crippen molar-refractivity contribution in [1.82, 2.24) is 5.43 Å². The van der Waals surface area contributed by atoms with E-state index in [4.69, 9.17) is 5.84 Å². The smallest absolute Gasteiger partial charge is 0.307 e. The summed E-state index contributed by atoms with van der Waals surface area (Å²) in [5, 5.41) is 2.39. The van der Waals surface area contributed by atoms with Crippen molar-refractivity contribution in [2.45, 2.75) is 6.92 Å². The van der Waals surface area contributed by atoms with Crippen molar-refractivity contribution < 1.29 is 9.18 Å². The fourth-order valence-corrected chi connectivity index (χ4v) is 1.40. The van der Waals surface area contributed by atoms with E-state index < -0.39 is 11.8 Å². The van der Waals surface area contributed by atoms with Crippen LogP contribution in [0.3, 0.4) is 0 Å². The minimum atomic E-state index is -0.588. The second kappa shape index (κ2) is 4.39. The Morgan fingerprint density at radius 2 is 2.21 bits per heavy atom. The van der Waals surface area contributed by atoms with Crippen molar-refractivity contribution in [2.24, 2.45) is 5.84 Å². The Bertz CT molecular complexity index is 370. The Hall–Kier alpha value is -1.14. The molecule has 1 aromatic carbocycles. The van der Waals surface area contributed by atoms with Crippen LogP contribution in [-0.2, 0) is 0 Å². The van der Waals surface area contributed by atoms with Crippen LogP contribution in [0.15, 0.2) is 16.6 Å². The molecule has 1 rings (SSSR count). The lowest BCUT2D eigenvalue weighted by molar-refractivity contribution is 0.252. The summed E-state index contributed by atoms with van der Waals surface area (Å²) >= 11 is 3.04. The minimum absolute atomic E-state index is 0.355. The Morgan fingerprint density at radius 1 is 1.57 bits per heavy atom. The SMILES string of the molecule is Cc1cc(Br)c(F)cc1NC(=O)NN. The summed E-state index contributed by atoms with van der Waals surface area (Å²) in [4.78, 5) is 10.8. The summed E-state index contributed by atoms with van der Waals surface area (Å²) in [6, 6.07) is 2.20. The maximum atomic E-state index is 13.1. The van der Waals surface area contributed by atoms with Gasteiger partial charge in [0.25, 0.3) is 0 Å². The molecule has 0 spiro atoms. The number of nitrogens with two attached hydrogens (primary N) is 1. The highest BCUT2D eigenvalue weighted by atomic mass is 79.9. The Morgan fingerprint density at radius 3 is 2.79 bits per heavy atom. The molecule has 6 heteroatoms. The summed E-state index contributed by atoms with van der Waals surface area (Å²) in [6.07, 6.45) is 0. The number of amides is 2. The third kappa shape index (κ3) is 2.43. The summed E-state index contributed by atoms with van der Waals surface area (Å²) in [7, 11) is 0. The lowest BCUT2D eigenvalue weighted by atomic mass is 10.2. The number of carbonyl (C=O) groups is 1. The molecular weight excluding hydrogens is 253 g/mol. The van der Waals surface area contributed by atoms with E-state index in [0.29, 0.717) is 10.2 Å². The zero-order chi connectivity index (χ0) is 10.7. The predicted molar refractivity (Wildman–Crippen MR) is 55.2 cm³/mol. The van der Waals surface area contributed by atoms with Crippen LogP contribution in [0.2, 0.25) is 0 Å². The maximum Gasteiger partial charge on any atom is 0.333 e. The summed E-state index contributed by atoms with van der Waals surface area (Å²) in [5.74, 6) is 4.43. The Kier molecular flexibility index (Phi) is 3.43. The Labute approximate surface area is 88.8 Å². The van der Waals surface area contributed by atoms with E-state index in [0.717, 1.165) is 5.56 Å².